The van der Waals surface area contributed by atoms with Gasteiger partial charge in [-0.25, -0.2) is 22.6 Å². The number of carboxylic acids is 1. The van der Waals surface area contributed by atoms with Crippen molar-refractivity contribution in [1.82, 2.24) is 13.9 Å². The number of aromatic nitrogens is 2. The van der Waals surface area contributed by atoms with E-state index in [4.69, 9.17) is 14.6 Å². The van der Waals surface area contributed by atoms with Gasteiger partial charge in [0.25, 0.3) is 0 Å². The molecule has 13 heteroatoms. The van der Waals surface area contributed by atoms with Gasteiger partial charge in [-0.2, -0.15) is 17.5 Å². The van der Waals surface area contributed by atoms with Crippen LogP contribution in [-0.2, 0) is 27.9 Å². The highest BCUT2D eigenvalue weighted by Crippen LogP contribution is 2.33. The largest absolute Gasteiger partial charge is 0.490 e. The first kappa shape index (κ1) is 25.0. The zero-order valence-electron chi connectivity index (χ0n) is 17.4. The molecule has 182 valence electrons. The molecule has 3 heterocycles. The Balaban J connectivity index is 0.000000383. The monoisotopic (exact) mass is 493 g/mol. The van der Waals surface area contributed by atoms with Crippen LogP contribution in [0.3, 0.4) is 0 Å². The van der Waals surface area contributed by atoms with Crippen molar-refractivity contribution in [2.75, 3.05) is 13.2 Å². The Hall–Kier alpha value is -2.67. The molecule has 0 bridgehead atoms. The predicted octanol–water partition coefficient (Wildman–Crippen LogP) is 3.05. The number of sulfonamides is 1. The molecule has 1 atom stereocenters. The van der Waals surface area contributed by atoms with Crippen LogP contribution in [0.1, 0.15) is 25.0 Å². The van der Waals surface area contributed by atoms with Crippen LogP contribution in [0.25, 0.3) is 0 Å². The van der Waals surface area contributed by atoms with Gasteiger partial charge in [0.05, 0.1) is 18.4 Å². The van der Waals surface area contributed by atoms with E-state index in [0.717, 1.165) is 25.1 Å². The summed E-state index contributed by atoms with van der Waals surface area (Å²) in [6, 6.07) is 6.74. The number of hydrogen-bond donors (Lipinski definition) is 1. The number of fused-ring (bicyclic) bond motifs is 1. The molecule has 1 saturated carbocycles. The first-order valence-corrected chi connectivity index (χ1v) is 11.6. The molecular formula is C20H23F4N3O5S. The second-order valence-corrected chi connectivity index (χ2v) is 10.00. The lowest BCUT2D eigenvalue weighted by Gasteiger charge is -2.23. The van der Waals surface area contributed by atoms with Gasteiger partial charge in [-0.3, -0.25) is 0 Å². The number of aliphatic carboxylic acids is 1. The summed E-state index contributed by atoms with van der Waals surface area (Å²) in [5.74, 6) is -3.15. The minimum absolute atomic E-state index is 0.00904. The molecule has 1 aliphatic carbocycles. The second kappa shape index (κ2) is 10.1. The summed E-state index contributed by atoms with van der Waals surface area (Å²) in [7, 11) is -3.24. The third-order valence-electron chi connectivity index (χ3n) is 5.22. The Morgan fingerprint density at radius 3 is 2.52 bits per heavy atom. The Bertz CT molecular complexity index is 1070. The van der Waals surface area contributed by atoms with Crippen LogP contribution in [0.5, 0.6) is 5.88 Å². The number of halogens is 4. The molecule has 2 aromatic rings. The Morgan fingerprint density at radius 1 is 1.21 bits per heavy atom. The average Bonchev–Trinajstić information content (AvgIpc) is 3.53. The van der Waals surface area contributed by atoms with Gasteiger partial charge >= 0.3 is 12.1 Å². The number of hydrogen-bond acceptors (Lipinski definition) is 5. The molecule has 0 aromatic carbocycles. The van der Waals surface area contributed by atoms with E-state index in [2.05, 4.69) is 9.55 Å². The average molecular weight is 493 g/mol. The number of rotatable bonds is 6. The molecule has 0 radical (unpaired) electrons. The fraction of sp³-hybridized carbons (Fsp3) is 0.500. The lowest BCUT2D eigenvalue weighted by Crippen LogP contribution is -2.36. The molecular weight excluding hydrogens is 470 g/mol. The van der Waals surface area contributed by atoms with Crippen molar-refractivity contribution in [3.05, 3.63) is 48.2 Å². The minimum Gasteiger partial charge on any atom is -0.476 e. The molecule has 1 unspecified atom stereocenters. The van der Waals surface area contributed by atoms with Crippen LogP contribution in [0, 0.1) is 11.7 Å². The van der Waals surface area contributed by atoms with E-state index in [1.54, 1.807) is 4.31 Å². The zero-order chi connectivity index (χ0) is 24.2. The fourth-order valence-electron chi connectivity index (χ4n) is 3.39. The van der Waals surface area contributed by atoms with Crippen molar-refractivity contribution in [3.63, 3.8) is 0 Å². The van der Waals surface area contributed by atoms with Gasteiger partial charge in [0.15, 0.2) is 5.82 Å². The maximum absolute atomic E-state index is 13.6. The maximum atomic E-state index is 13.6. The molecule has 0 amide bonds. The van der Waals surface area contributed by atoms with E-state index in [-0.39, 0.29) is 17.0 Å². The first-order chi connectivity index (χ1) is 15.5. The number of ether oxygens (including phenoxy) is 1. The highest BCUT2D eigenvalue weighted by atomic mass is 32.2. The molecule has 4 rings (SSSR count). The fourth-order valence-corrected chi connectivity index (χ4v) is 5.28. The quantitative estimate of drug-likeness (QED) is 0.621. The number of carbonyl (C=O) groups is 1. The summed E-state index contributed by atoms with van der Waals surface area (Å²) in [6.45, 7) is 1.91. The Morgan fingerprint density at radius 2 is 1.91 bits per heavy atom. The summed E-state index contributed by atoms with van der Waals surface area (Å²) in [5, 5.41) is 6.91. The van der Waals surface area contributed by atoms with Crippen molar-refractivity contribution in [2.24, 2.45) is 5.92 Å². The van der Waals surface area contributed by atoms with E-state index < -0.39 is 28.0 Å². The van der Waals surface area contributed by atoms with Gasteiger partial charge in [-0.15, -0.1) is 0 Å². The molecule has 0 spiro atoms. The molecule has 1 fully saturated rings. The van der Waals surface area contributed by atoms with Crippen molar-refractivity contribution in [1.29, 1.82) is 0 Å². The van der Waals surface area contributed by atoms with Crippen LogP contribution in [-0.4, -0.2) is 57.9 Å². The number of carboxylic acid groups (broad SMARTS) is 1. The molecule has 2 aromatic heterocycles. The van der Waals surface area contributed by atoms with Gasteiger partial charge < -0.3 is 14.4 Å². The predicted molar refractivity (Wildman–Crippen MR) is 108 cm³/mol. The van der Waals surface area contributed by atoms with Crippen LogP contribution >= 0.6 is 0 Å². The van der Waals surface area contributed by atoms with E-state index in [1.807, 2.05) is 18.3 Å². The number of pyridine rings is 1. The van der Waals surface area contributed by atoms with E-state index in [0.29, 0.717) is 26.1 Å². The van der Waals surface area contributed by atoms with Gasteiger partial charge in [-0.1, -0.05) is 0 Å². The highest BCUT2D eigenvalue weighted by molar-refractivity contribution is 7.90. The summed E-state index contributed by atoms with van der Waals surface area (Å²) in [5.41, 5.74) is 1.01. The smallest absolute Gasteiger partial charge is 0.476 e. The topological polar surface area (TPSA) is 102 Å². The molecule has 0 saturated heterocycles. The normalized spacial score (nSPS) is 19.1. The van der Waals surface area contributed by atoms with Crippen LogP contribution < -0.4 is 4.74 Å². The lowest BCUT2D eigenvalue weighted by atomic mass is 10.1. The van der Waals surface area contributed by atoms with Gasteiger partial charge in [0.2, 0.25) is 15.9 Å². The third-order valence-corrected chi connectivity index (χ3v) is 7.53. The summed E-state index contributed by atoms with van der Waals surface area (Å²) in [6.07, 6.45) is 0.526. The lowest BCUT2D eigenvalue weighted by molar-refractivity contribution is -0.192. The molecule has 1 N–H and O–H groups in total. The van der Waals surface area contributed by atoms with Crippen LogP contribution in [0.4, 0.5) is 17.6 Å². The number of nitrogens with zero attached hydrogens (tertiary/aromatic N) is 3. The molecule has 2 aliphatic rings. The summed E-state index contributed by atoms with van der Waals surface area (Å²) < 4.78 is 80.0. The summed E-state index contributed by atoms with van der Waals surface area (Å²) in [4.78, 5) is 12.8. The second-order valence-electron chi connectivity index (χ2n) is 7.79. The van der Waals surface area contributed by atoms with E-state index >= 15 is 0 Å². The molecule has 33 heavy (non-hydrogen) atoms. The van der Waals surface area contributed by atoms with Crippen LogP contribution in [0.2, 0.25) is 0 Å². The SMILES string of the molecule is O=C(O)C(F)(F)F.O=S(=O)(C1CC1)N1Cc2cccn2CC(CCOc2ncccc2F)C1. The molecule has 8 nitrogen and oxygen atoms in total. The minimum atomic E-state index is -5.08. The van der Waals surface area contributed by atoms with E-state index in [9.17, 15) is 26.0 Å². The standard InChI is InChI=1S/C18H22FN3O3S.C2HF3O2/c19-17-4-1-8-20-18(17)25-10-7-14-11-21-9-2-3-15(21)13-22(12-14)26(23,24)16-5-6-16;3-2(4,5)1(6)7/h1-4,8-9,14,16H,5-7,10-13H2;(H,6,7). The molecule has 1 aliphatic heterocycles. The Kier molecular flexibility index (Phi) is 7.62. The van der Waals surface area contributed by atoms with Crippen molar-refractivity contribution in [2.45, 2.75) is 43.8 Å². The van der Waals surface area contributed by atoms with Crippen molar-refractivity contribution < 1.29 is 40.6 Å². The maximum Gasteiger partial charge on any atom is 0.490 e. The third kappa shape index (κ3) is 6.67. The first-order valence-electron chi connectivity index (χ1n) is 10.1. The highest BCUT2D eigenvalue weighted by Gasteiger charge is 2.41. The van der Waals surface area contributed by atoms with Gasteiger partial charge in [-0.05, 0) is 49.4 Å². The van der Waals surface area contributed by atoms with Crippen molar-refractivity contribution in [3.8, 4) is 5.88 Å². The number of alkyl halides is 3. The summed E-state index contributed by atoms with van der Waals surface area (Å²) >= 11 is 0. The van der Waals surface area contributed by atoms with E-state index in [1.165, 1.54) is 18.3 Å². The van der Waals surface area contributed by atoms with Gasteiger partial charge in [0, 0.05) is 31.2 Å². The Labute approximate surface area is 187 Å². The van der Waals surface area contributed by atoms with Gasteiger partial charge in [0.1, 0.15) is 0 Å². The van der Waals surface area contributed by atoms with Crippen molar-refractivity contribution >= 4 is 16.0 Å². The van der Waals surface area contributed by atoms with Crippen LogP contribution in [0.15, 0.2) is 36.7 Å². The zero-order valence-corrected chi connectivity index (χ0v) is 18.2.